The van der Waals surface area contributed by atoms with Crippen molar-refractivity contribution >= 4 is 0 Å². The third-order valence-electron chi connectivity index (χ3n) is 4.65. The van der Waals surface area contributed by atoms with Crippen molar-refractivity contribution in [3.63, 3.8) is 0 Å². The SMILES string of the molecule is CC(CNC1CC1)(CN1CCC(O)C1)c1ccccc1. The summed E-state index contributed by atoms with van der Waals surface area (Å²) in [6.07, 6.45) is 3.44. The fourth-order valence-corrected chi connectivity index (χ4v) is 3.20. The summed E-state index contributed by atoms with van der Waals surface area (Å²) >= 11 is 0. The van der Waals surface area contributed by atoms with Crippen molar-refractivity contribution in [3.05, 3.63) is 35.9 Å². The molecule has 0 bridgehead atoms. The van der Waals surface area contributed by atoms with E-state index < -0.39 is 0 Å². The van der Waals surface area contributed by atoms with E-state index in [4.69, 9.17) is 0 Å². The fraction of sp³-hybridized carbons (Fsp3) is 0.647. The Kier molecular flexibility index (Phi) is 4.11. The quantitative estimate of drug-likeness (QED) is 0.830. The Labute approximate surface area is 122 Å². The van der Waals surface area contributed by atoms with Gasteiger partial charge in [-0.05, 0) is 24.8 Å². The van der Waals surface area contributed by atoms with E-state index in [1.807, 2.05) is 0 Å². The molecule has 2 aliphatic rings. The maximum absolute atomic E-state index is 9.74. The lowest BCUT2D eigenvalue weighted by Gasteiger charge is -2.35. The Balaban J connectivity index is 1.71. The van der Waals surface area contributed by atoms with E-state index in [0.29, 0.717) is 0 Å². The number of β-amino-alcohol motifs (C(OH)–C–C–N with tert-alkyl or cyclic N) is 1. The van der Waals surface area contributed by atoms with Crippen LogP contribution in [0, 0.1) is 0 Å². The lowest BCUT2D eigenvalue weighted by Crippen LogP contribution is -2.45. The van der Waals surface area contributed by atoms with Gasteiger partial charge in [0.15, 0.2) is 0 Å². The van der Waals surface area contributed by atoms with Crippen LogP contribution in [0.1, 0.15) is 31.7 Å². The number of likely N-dealkylation sites (tertiary alicyclic amines) is 1. The molecule has 1 aromatic carbocycles. The first-order valence-electron chi connectivity index (χ1n) is 7.85. The van der Waals surface area contributed by atoms with Gasteiger partial charge in [-0.3, -0.25) is 4.90 Å². The molecule has 20 heavy (non-hydrogen) atoms. The molecule has 0 spiro atoms. The smallest absolute Gasteiger partial charge is 0.0679 e. The van der Waals surface area contributed by atoms with Crippen molar-refractivity contribution in [1.29, 1.82) is 0 Å². The average Bonchev–Trinajstić information content (AvgIpc) is 3.21. The first-order chi connectivity index (χ1) is 9.66. The van der Waals surface area contributed by atoms with Crippen LogP contribution in [0.4, 0.5) is 0 Å². The molecule has 2 unspecified atom stereocenters. The second-order valence-corrected chi connectivity index (χ2v) is 6.76. The zero-order valence-electron chi connectivity index (χ0n) is 12.4. The maximum atomic E-state index is 9.74. The van der Waals surface area contributed by atoms with Gasteiger partial charge >= 0.3 is 0 Å². The standard InChI is InChI=1S/C17H26N2O/c1-17(12-18-15-7-8-15,14-5-3-2-4-6-14)13-19-10-9-16(20)11-19/h2-6,15-16,18,20H,7-13H2,1H3. The van der Waals surface area contributed by atoms with E-state index in [-0.39, 0.29) is 11.5 Å². The molecule has 1 saturated carbocycles. The van der Waals surface area contributed by atoms with Crippen LogP contribution in [0.5, 0.6) is 0 Å². The van der Waals surface area contributed by atoms with E-state index in [1.54, 1.807) is 0 Å². The average molecular weight is 274 g/mol. The van der Waals surface area contributed by atoms with Gasteiger partial charge < -0.3 is 10.4 Å². The van der Waals surface area contributed by atoms with E-state index in [2.05, 4.69) is 47.5 Å². The number of nitrogens with one attached hydrogen (secondary N) is 1. The van der Waals surface area contributed by atoms with Crippen LogP contribution in [0.15, 0.2) is 30.3 Å². The fourth-order valence-electron chi connectivity index (χ4n) is 3.20. The molecule has 1 heterocycles. The minimum absolute atomic E-state index is 0.119. The summed E-state index contributed by atoms with van der Waals surface area (Å²) < 4.78 is 0. The second-order valence-electron chi connectivity index (χ2n) is 6.76. The van der Waals surface area contributed by atoms with Crippen LogP contribution >= 0.6 is 0 Å². The van der Waals surface area contributed by atoms with Gasteiger partial charge in [-0.15, -0.1) is 0 Å². The van der Waals surface area contributed by atoms with Crippen molar-refractivity contribution < 1.29 is 5.11 Å². The number of hydrogen-bond donors (Lipinski definition) is 2. The highest BCUT2D eigenvalue weighted by atomic mass is 16.3. The molecule has 0 amide bonds. The zero-order valence-corrected chi connectivity index (χ0v) is 12.4. The Morgan fingerprint density at radius 3 is 2.60 bits per heavy atom. The van der Waals surface area contributed by atoms with Gasteiger partial charge in [0, 0.05) is 37.6 Å². The van der Waals surface area contributed by atoms with Gasteiger partial charge in [0.05, 0.1) is 6.10 Å². The molecule has 3 nitrogen and oxygen atoms in total. The molecule has 1 aliphatic carbocycles. The van der Waals surface area contributed by atoms with Gasteiger partial charge in [0.1, 0.15) is 0 Å². The minimum Gasteiger partial charge on any atom is -0.392 e. The van der Waals surface area contributed by atoms with E-state index >= 15 is 0 Å². The predicted molar refractivity (Wildman–Crippen MR) is 81.9 cm³/mol. The van der Waals surface area contributed by atoms with Gasteiger partial charge in [-0.25, -0.2) is 0 Å². The lowest BCUT2D eigenvalue weighted by molar-refractivity contribution is 0.165. The molecule has 0 radical (unpaired) electrons. The van der Waals surface area contributed by atoms with Crippen molar-refractivity contribution in [2.24, 2.45) is 0 Å². The van der Waals surface area contributed by atoms with Gasteiger partial charge in [-0.2, -0.15) is 0 Å². The molecule has 0 aromatic heterocycles. The molecule has 2 N–H and O–H groups in total. The summed E-state index contributed by atoms with van der Waals surface area (Å²) in [4.78, 5) is 2.41. The largest absolute Gasteiger partial charge is 0.392 e. The van der Waals surface area contributed by atoms with Crippen LogP contribution in [0.3, 0.4) is 0 Å². The van der Waals surface area contributed by atoms with Crippen molar-refractivity contribution in [2.75, 3.05) is 26.2 Å². The minimum atomic E-state index is -0.133. The molecule has 1 aromatic rings. The number of aliphatic hydroxyl groups excluding tert-OH is 1. The molecule has 3 heteroatoms. The topological polar surface area (TPSA) is 35.5 Å². The first-order valence-corrected chi connectivity index (χ1v) is 7.85. The van der Waals surface area contributed by atoms with Crippen molar-refractivity contribution in [2.45, 2.75) is 43.7 Å². The number of rotatable bonds is 6. The monoisotopic (exact) mass is 274 g/mol. The molecule has 1 saturated heterocycles. The van der Waals surface area contributed by atoms with E-state index in [9.17, 15) is 5.11 Å². The summed E-state index contributed by atoms with van der Waals surface area (Å²) in [7, 11) is 0. The third kappa shape index (κ3) is 3.40. The number of hydrogen-bond acceptors (Lipinski definition) is 3. The van der Waals surface area contributed by atoms with Crippen LogP contribution in [-0.2, 0) is 5.41 Å². The summed E-state index contributed by atoms with van der Waals surface area (Å²) in [5, 5.41) is 13.4. The lowest BCUT2D eigenvalue weighted by atomic mass is 9.81. The highest BCUT2D eigenvalue weighted by molar-refractivity contribution is 5.26. The van der Waals surface area contributed by atoms with Crippen LogP contribution in [-0.4, -0.2) is 48.3 Å². The van der Waals surface area contributed by atoms with Gasteiger partial charge in [0.2, 0.25) is 0 Å². The van der Waals surface area contributed by atoms with Gasteiger partial charge in [0.25, 0.3) is 0 Å². The molecule has 2 atom stereocenters. The predicted octanol–water partition coefficient (Wildman–Crippen LogP) is 1.76. The summed E-state index contributed by atoms with van der Waals surface area (Å²) in [6, 6.07) is 11.6. The number of aliphatic hydroxyl groups is 1. The molecule has 1 aliphatic heterocycles. The van der Waals surface area contributed by atoms with E-state index in [0.717, 1.165) is 38.6 Å². The molecular formula is C17H26N2O. The Bertz CT molecular complexity index is 432. The maximum Gasteiger partial charge on any atom is 0.0679 e. The molecular weight excluding hydrogens is 248 g/mol. The van der Waals surface area contributed by atoms with E-state index in [1.165, 1.54) is 18.4 Å². The third-order valence-corrected chi connectivity index (χ3v) is 4.65. The van der Waals surface area contributed by atoms with Gasteiger partial charge in [-0.1, -0.05) is 37.3 Å². The Hall–Kier alpha value is -0.900. The molecule has 3 rings (SSSR count). The van der Waals surface area contributed by atoms with Crippen molar-refractivity contribution in [3.8, 4) is 0 Å². The summed E-state index contributed by atoms with van der Waals surface area (Å²) in [5.41, 5.74) is 1.52. The highest BCUT2D eigenvalue weighted by Gasteiger charge is 2.33. The second kappa shape index (κ2) is 5.84. The normalized spacial score (nSPS) is 26.6. The summed E-state index contributed by atoms with van der Waals surface area (Å²) in [5.74, 6) is 0. The zero-order chi connectivity index (χ0) is 14.0. The summed E-state index contributed by atoms with van der Waals surface area (Å²) in [6.45, 7) is 6.24. The number of nitrogens with zero attached hydrogens (tertiary/aromatic N) is 1. The Morgan fingerprint density at radius 1 is 1.25 bits per heavy atom. The number of benzene rings is 1. The van der Waals surface area contributed by atoms with Crippen molar-refractivity contribution in [1.82, 2.24) is 10.2 Å². The molecule has 110 valence electrons. The molecule has 2 fully saturated rings. The van der Waals surface area contributed by atoms with Crippen LogP contribution in [0.2, 0.25) is 0 Å². The first kappa shape index (κ1) is 14.1. The van der Waals surface area contributed by atoms with Crippen LogP contribution in [0.25, 0.3) is 0 Å². The van der Waals surface area contributed by atoms with Crippen LogP contribution < -0.4 is 5.32 Å². The Morgan fingerprint density at radius 2 is 2.00 bits per heavy atom. The highest BCUT2D eigenvalue weighted by Crippen LogP contribution is 2.28.